The minimum Gasteiger partial charge on any atom is -0.398 e. The van der Waals surface area contributed by atoms with Crippen LogP contribution >= 0.6 is 11.6 Å². The molecule has 0 radical (unpaired) electrons. The Bertz CT molecular complexity index is 579. The molecule has 2 aromatic rings. The number of nitrogens with zero attached hydrogens (tertiary/aromatic N) is 4. The number of aromatic nitrogens is 4. The maximum absolute atomic E-state index is 6.24. The summed E-state index contributed by atoms with van der Waals surface area (Å²) in [7, 11) is 0. The summed E-state index contributed by atoms with van der Waals surface area (Å²) in [5.41, 5.74) is 7.12. The Hall–Kier alpha value is -1.66. The molecule has 6 nitrogen and oxygen atoms in total. The van der Waals surface area contributed by atoms with Crippen LogP contribution in [0.4, 0.5) is 5.69 Å². The summed E-state index contributed by atoms with van der Waals surface area (Å²) in [6.07, 6.45) is 1.80. The summed E-state index contributed by atoms with van der Waals surface area (Å²) < 4.78 is 7.18. The van der Waals surface area contributed by atoms with E-state index < -0.39 is 0 Å². The van der Waals surface area contributed by atoms with Crippen LogP contribution in [-0.2, 0) is 4.74 Å². The van der Waals surface area contributed by atoms with Crippen LogP contribution in [0.15, 0.2) is 18.2 Å². The van der Waals surface area contributed by atoms with Gasteiger partial charge in [-0.2, -0.15) is 0 Å². The van der Waals surface area contributed by atoms with Crippen molar-refractivity contribution in [3.8, 4) is 11.4 Å². The standard InChI is InChI=1S/C12H14ClN5O/c13-11-9(2-1-3-10(11)14)12-15-16-17-18(12)8-4-6-19-7-5-8/h1-3,8H,4-7,14H2. The molecule has 2 N–H and O–H groups in total. The van der Waals surface area contributed by atoms with Crippen molar-refractivity contribution >= 4 is 17.3 Å². The van der Waals surface area contributed by atoms with Gasteiger partial charge < -0.3 is 10.5 Å². The van der Waals surface area contributed by atoms with Crippen LogP contribution in [0.25, 0.3) is 11.4 Å². The number of ether oxygens (including phenoxy) is 1. The lowest BCUT2D eigenvalue weighted by Crippen LogP contribution is -2.21. The monoisotopic (exact) mass is 279 g/mol. The van der Waals surface area contributed by atoms with Gasteiger partial charge in [0.25, 0.3) is 0 Å². The van der Waals surface area contributed by atoms with Crippen LogP contribution in [0.2, 0.25) is 5.02 Å². The zero-order valence-electron chi connectivity index (χ0n) is 10.3. The van der Waals surface area contributed by atoms with Gasteiger partial charge in [-0.15, -0.1) is 5.10 Å². The van der Waals surface area contributed by atoms with Crippen LogP contribution in [0, 0.1) is 0 Å². The number of benzene rings is 1. The maximum atomic E-state index is 6.24. The van der Waals surface area contributed by atoms with E-state index in [9.17, 15) is 0 Å². The highest BCUT2D eigenvalue weighted by molar-refractivity contribution is 6.35. The highest BCUT2D eigenvalue weighted by Crippen LogP contribution is 2.33. The van der Waals surface area contributed by atoms with Crippen molar-refractivity contribution in [2.45, 2.75) is 18.9 Å². The summed E-state index contributed by atoms with van der Waals surface area (Å²) in [4.78, 5) is 0. The number of hydrogen-bond donors (Lipinski definition) is 1. The molecular weight excluding hydrogens is 266 g/mol. The lowest BCUT2D eigenvalue weighted by Gasteiger charge is -2.22. The molecule has 0 aliphatic carbocycles. The molecule has 1 aromatic heterocycles. The quantitative estimate of drug-likeness (QED) is 0.850. The zero-order chi connectivity index (χ0) is 13.2. The Kier molecular flexibility index (Phi) is 3.35. The number of anilines is 1. The minimum absolute atomic E-state index is 0.247. The molecule has 0 saturated carbocycles. The second-order valence-electron chi connectivity index (χ2n) is 4.50. The van der Waals surface area contributed by atoms with E-state index in [0.717, 1.165) is 31.6 Å². The van der Waals surface area contributed by atoms with Gasteiger partial charge in [0.2, 0.25) is 0 Å². The van der Waals surface area contributed by atoms with E-state index in [2.05, 4.69) is 15.5 Å². The lowest BCUT2D eigenvalue weighted by atomic mass is 10.1. The van der Waals surface area contributed by atoms with Gasteiger partial charge in [0.1, 0.15) is 0 Å². The number of tetrazole rings is 1. The highest BCUT2D eigenvalue weighted by Gasteiger charge is 2.22. The number of hydrogen-bond acceptors (Lipinski definition) is 5. The van der Waals surface area contributed by atoms with Crippen molar-refractivity contribution in [1.82, 2.24) is 20.2 Å². The number of halogens is 1. The van der Waals surface area contributed by atoms with Gasteiger partial charge in [-0.1, -0.05) is 17.7 Å². The first-order valence-corrected chi connectivity index (χ1v) is 6.55. The van der Waals surface area contributed by atoms with Crippen molar-refractivity contribution in [2.75, 3.05) is 18.9 Å². The van der Waals surface area contributed by atoms with Crippen LogP contribution in [0.1, 0.15) is 18.9 Å². The number of rotatable bonds is 2. The number of nitrogen functional groups attached to an aromatic ring is 1. The number of nitrogens with two attached hydrogens (primary N) is 1. The van der Waals surface area contributed by atoms with E-state index in [0.29, 0.717) is 16.5 Å². The molecule has 0 spiro atoms. The summed E-state index contributed by atoms with van der Waals surface area (Å²) in [5.74, 6) is 0.657. The fraction of sp³-hybridized carbons (Fsp3) is 0.417. The predicted octanol–water partition coefficient (Wildman–Crippen LogP) is 1.93. The molecule has 0 amide bonds. The lowest BCUT2D eigenvalue weighted by molar-refractivity contribution is 0.0662. The van der Waals surface area contributed by atoms with E-state index in [1.165, 1.54) is 0 Å². The second kappa shape index (κ2) is 5.14. The Labute approximate surface area is 115 Å². The van der Waals surface area contributed by atoms with Crippen LogP contribution in [0.5, 0.6) is 0 Å². The molecule has 2 heterocycles. The van der Waals surface area contributed by atoms with Crippen LogP contribution in [-0.4, -0.2) is 33.4 Å². The maximum Gasteiger partial charge on any atom is 0.183 e. The fourth-order valence-electron chi connectivity index (χ4n) is 2.27. The van der Waals surface area contributed by atoms with E-state index >= 15 is 0 Å². The van der Waals surface area contributed by atoms with E-state index in [1.54, 1.807) is 6.07 Å². The summed E-state index contributed by atoms with van der Waals surface area (Å²) >= 11 is 6.24. The molecule has 100 valence electrons. The molecular formula is C12H14ClN5O. The SMILES string of the molecule is Nc1cccc(-c2nnnn2C2CCOCC2)c1Cl. The van der Waals surface area contributed by atoms with Crippen molar-refractivity contribution in [1.29, 1.82) is 0 Å². The molecule has 1 aromatic carbocycles. The van der Waals surface area contributed by atoms with Gasteiger partial charge in [0.15, 0.2) is 5.82 Å². The van der Waals surface area contributed by atoms with Crippen molar-refractivity contribution < 1.29 is 4.74 Å². The van der Waals surface area contributed by atoms with Gasteiger partial charge in [0.05, 0.1) is 16.8 Å². The minimum atomic E-state index is 0.247. The first-order valence-electron chi connectivity index (χ1n) is 6.17. The normalized spacial score (nSPS) is 16.7. The van der Waals surface area contributed by atoms with Crippen LogP contribution < -0.4 is 5.73 Å². The highest BCUT2D eigenvalue weighted by atomic mass is 35.5. The van der Waals surface area contributed by atoms with Crippen molar-refractivity contribution in [2.24, 2.45) is 0 Å². The van der Waals surface area contributed by atoms with E-state index in [-0.39, 0.29) is 6.04 Å². The average molecular weight is 280 g/mol. The molecule has 1 aliphatic heterocycles. The molecule has 0 bridgehead atoms. The van der Waals surface area contributed by atoms with E-state index in [1.807, 2.05) is 16.8 Å². The molecule has 7 heteroatoms. The first-order chi connectivity index (χ1) is 9.27. The summed E-state index contributed by atoms with van der Waals surface area (Å²) in [5, 5.41) is 12.4. The Balaban J connectivity index is 2.01. The molecule has 3 rings (SSSR count). The van der Waals surface area contributed by atoms with Gasteiger partial charge in [-0.3, -0.25) is 0 Å². The molecule has 0 unspecified atom stereocenters. The third-order valence-corrected chi connectivity index (χ3v) is 3.72. The molecule has 0 atom stereocenters. The smallest absolute Gasteiger partial charge is 0.183 e. The third kappa shape index (κ3) is 2.29. The Morgan fingerprint density at radius 1 is 1.32 bits per heavy atom. The first kappa shape index (κ1) is 12.4. The Morgan fingerprint density at radius 3 is 2.89 bits per heavy atom. The zero-order valence-corrected chi connectivity index (χ0v) is 11.0. The van der Waals surface area contributed by atoms with Gasteiger partial charge in [-0.25, -0.2) is 4.68 Å². The van der Waals surface area contributed by atoms with Gasteiger partial charge in [0, 0.05) is 18.8 Å². The summed E-state index contributed by atoms with van der Waals surface area (Å²) in [6.45, 7) is 1.46. The van der Waals surface area contributed by atoms with Crippen LogP contribution in [0.3, 0.4) is 0 Å². The predicted molar refractivity (Wildman–Crippen MR) is 71.8 cm³/mol. The van der Waals surface area contributed by atoms with Gasteiger partial charge in [-0.05, 0) is 35.4 Å². The van der Waals surface area contributed by atoms with Crippen molar-refractivity contribution in [3.05, 3.63) is 23.2 Å². The molecule has 1 saturated heterocycles. The van der Waals surface area contributed by atoms with E-state index in [4.69, 9.17) is 22.1 Å². The summed E-state index contributed by atoms with van der Waals surface area (Å²) in [6, 6.07) is 5.73. The third-order valence-electron chi connectivity index (χ3n) is 3.30. The fourth-order valence-corrected chi connectivity index (χ4v) is 2.48. The largest absolute Gasteiger partial charge is 0.398 e. The average Bonchev–Trinajstić information content (AvgIpc) is 2.92. The molecule has 1 aliphatic rings. The Morgan fingerprint density at radius 2 is 2.11 bits per heavy atom. The molecule has 1 fully saturated rings. The van der Waals surface area contributed by atoms with Crippen molar-refractivity contribution in [3.63, 3.8) is 0 Å². The second-order valence-corrected chi connectivity index (χ2v) is 4.88. The van der Waals surface area contributed by atoms with Gasteiger partial charge >= 0.3 is 0 Å². The topological polar surface area (TPSA) is 78.9 Å². The molecule has 19 heavy (non-hydrogen) atoms.